The first-order valence-corrected chi connectivity index (χ1v) is 15.7. The van der Waals surface area contributed by atoms with Crippen molar-refractivity contribution >= 4 is 21.8 Å². The second kappa shape index (κ2) is 16.0. The molecule has 1 saturated heterocycles. The highest BCUT2D eigenvalue weighted by atomic mass is 32.2. The molecule has 3 atom stereocenters. The summed E-state index contributed by atoms with van der Waals surface area (Å²) in [6.07, 6.45) is -0.353. The molecule has 1 aliphatic heterocycles. The minimum Gasteiger partial charge on any atom is -0.493 e. The van der Waals surface area contributed by atoms with E-state index in [2.05, 4.69) is 5.32 Å². The Morgan fingerprint density at radius 3 is 2.35 bits per heavy atom. The van der Waals surface area contributed by atoms with Gasteiger partial charge < -0.3 is 30.4 Å². The number of amides is 2. The van der Waals surface area contributed by atoms with E-state index in [1.165, 1.54) is 36.7 Å². The summed E-state index contributed by atoms with van der Waals surface area (Å²) in [6.45, 7) is 4.29. The van der Waals surface area contributed by atoms with Gasteiger partial charge in [0.1, 0.15) is 0 Å². The third kappa shape index (κ3) is 9.90. The molecular weight excluding hydrogens is 576 g/mol. The van der Waals surface area contributed by atoms with Gasteiger partial charge >= 0.3 is 0 Å². The monoisotopic (exact) mass is 620 g/mol. The lowest BCUT2D eigenvalue weighted by Crippen LogP contribution is -2.54. The Kier molecular flexibility index (Phi) is 12.8. The van der Waals surface area contributed by atoms with Crippen molar-refractivity contribution in [1.82, 2.24) is 14.5 Å². The van der Waals surface area contributed by atoms with Crippen LogP contribution in [0, 0.1) is 5.92 Å². The van der Waals surface area contributed by atoms with E-state index in [9.17, 15) is 23.1 Å². The lowest BCUT2D eigenvalue weighted by molar-refractivity contribution is -0.126. The van der Waals surface area contributed by atoms with Crippen LogP contribution in [0.3, 0.4) is 0 Å². The van der Waals surface area contributed by atoms with Crippen LogP contribution in [0.2, 0.25) is 0 Å². The number of ether oxygens (including phenoxy) is 3. The minimum absolute atomic E-state index is 0.0116. The first-order chi connectivity index (χ1) is 20.4. The van der Waals surface area contributed by atoms with Gasteiger partial charge in [-0.1, -0.05) is 44.2 Å². The smallest absolute Gasteiger partial charge is 0.243 e. The van der Waals surface area contributed by atoms with Gasteiger partial charge in [-0.05, 0) is 36.5 Å². The molecule has 0 aliphatic carbocycles. The highest BCUT2D eigenvalue weighted by molar-refractivity contribution is 7.89. The number of sulfonamides is 1. The van der Waals surface area contributed by atoms with E-state index in [0.29, 0.717) is 25.4 Å². The van der Waals surface area contributed by atoms with E-state index < -0.39 is 34.0 Å². The molecule has 0 spiro atoms. The maximum Gasteiger partial charge on any atom is 0.243 e. The normalized spacial score (nSPS) is 16.8. The van der Waals surface area contributed by atoms with Gasteiger partial charge in [0.2, 0.25) is 21.8 Å². The number of aliphatic hydroxyl groups excluding tert-OH is 1. The molecule has 1 aliphatic rings. The molecule has 43 heavy (non-hydrogen) atoms. The summed E-state index contributed by atoms with van der Waals surface area (Å²) in [4.78, 5) is 26.7. The highest BCUT2D eigenvalue weighted by Crippen LogP contribution is 2.31. The van der Waals surface area contributed by atoms with Gasteiger partial charge in [0.15, 0.2) is 11.5 Å². The Hall–Kier alpha value is -3.23. The molecular formula is C30H44N4O8S. The topological polar surface area (TPSA) is 161 Å². The number of hydrogen-bond donors (Lipinski definition) is 3. The summed E-state index contributed by atoms with van der Waals surface area (Å²) < 4.78 is 44.9. The summed E-state index contributed by atoms with van der Waals surface area (Å²) in [5.74, 6) is -0.398. The van der Waals surface area contributed by atoms with Crippen molar-refractivity contribution < 1.29 is 37.3 Å². The quantitative estimate of drug-likeness (QED) is 0.235. The van der Waals surface area contributed by atoms with E-state index in [4.69, 9.17) is 19.9 Å². The SMILES string of the molecule is COc1ccc(S(=O)(=O)N(CC(C)C)C[C@@H](O)[C@H](Cc2ccccc2)NC(=O)CN(CC(N)=O)[C@H]2CCOC2)cc1OC. The molecule has 2 aromatic carbocycles. The summed E-state index contributed by atoms with van der Waals surface area (Å²) in [5.41, 5.74) is 6.29. The molecule has 12 nitrogen and oxygen atoms in total. The zero-order valence-corrected chi connectivity index (χ0v) is 26.1. The van der Waals surface area contributed by atoms with Gasteiger partial charge in [-0.25, -0.2) is 8.42 Å². The van der Waals surface area contributed by atoms with Crippen molar-refractivity contribution in [3.63, 3.8) is 0 Å². The molecule has 13 heteroatoms. The number of methoxy groups -OCH3 is 2. The molecule has 0 unspecified atom stereocenters. The van der Waals surface area contributed by atoms with Gasteiger partial charge in [-0.2, -0.15) is 4.31 Å². The molecule has 1 fully saturated rings. The zero-order valence-electron chi connectivity index (χ0n) is 25.3. The number of aliphatic hydroxyl groups is 1. The van der Waals surface area contributed by atoms with Gasteiger partial charge in [0.25, 0.3) is 0 Å². The molecule has 2 amide bonds. The summed E-state index contributed by atoms with van der Waals surface area (Å²) >= 11 is 0. The molecule has 0 radical (unpaired) electrons. The number of nitrogens with zero attached hydrogens (tertiary/aromatic N) is 2. The minimum atomic E-state index is -4.08. The third-order valence-corrected chi connectivity index (χ3v) is 9.02. The molecule has 0 saturated carbocycles. The van der Waals surface area contributed by atoms with Crippen LogP contribution in [0.1, 0.15) is 25.8 Å². The lowest BCUT2D eigenvalue weighted by atomic mass is 10.0. The van der Waals surface area contributed by atoms with Crippen LogP contribution in [0.15, 0.2) is 53.4 Å². The fraction of sp³-hybridized carbons (Fsp3) is 0.533. The van der Waals surface area contributed by atoms with Crippen molar-refractivity contribution in [3.8, 4) is 11.5 Å². The van der Waals surface area contributed by atoms with Gasteiger partial charge in [0.05, 0.1) is 51.0 Å². The fourth-order valence-electron chi connectivity index (χ4n) is 5.05. The first-order valence-electron chi connectivity index (χ1n) is 14.3. The van der Waals surface area contributed by atoms with E-state index in [0.717, 1.165) is 5.56 Å². The van der Waals surface area contributed by atoms with E-state index in [-0.39, 0.29) is 55.2 Å². The second-order valence-electron chi connectivity index (χ2n) is 11.1. The van der Waals surface area contributed by atoms with Crippen LogP contribution in [0.25, 0.3) is 0 Å². The Morgan fingerprint density at radius 2 is 1.77 bits per heavy atom. The standard InChI is InChI=1S/C30H44N4O8S/c1-21(2)16-34(43(38,39)24-10-11-27(40-3)28(15-24)41-4)17-26(35)25(14-22-8-6-5-7-9-22)32-30(37)19-33(18-29(31)36)23-12-13-42-20-23/h5-11,15,21,23,25-26,35H,12-14,16-20H2,1-4H3,(H2,31,36)(H,32,37)/t23-,25-,26+/m0/s1. The Bertz CT molecular complexity index is 1300. The van der Waals surface area contributed by atoms with Crippen LogP contribution < -0.4 is 20.5 Å². The van der Waals surface area contributed by atoms with Crippen LogP contribution >= 0.6 is 0 Å². The number of hydrogen-bond acceptors (Lipinski definition) is 9. The second-order valence-corrected chi connectivity index (χ2v) is 13.0. The largest absolute Gasteiger partial charge is 0.493 e. The van der Waals surface area contributed by atoms with E-state index in [1.807, 2.05) is 44.2 Å². The van der Waals surface area contributed by atoms with Gasteiger partial charge in [-0.15, -0.1) is 0 Å². The van der Waals surface area contributed by atoms with Crippen LogP contribution in [0.4, 0.5) is 0 Å². The maximum atomic E-state index is 13.8. The first kappa shape index (κ1) is 34.3. The van der Waals surface area contributed by atoms with Crippen molar-refractivity contribution in [3.05, 3.63) is 54.1 Å². The van der Waals surface area contributed by atoms with Crippen LogP contribution in [-0.2, 0) is 30.8 Å². The molecule has 2 aromatic rings. The number of rotatable bonds is 17. The summed E-state index contributed by atoms with van der Waals surface area (Å²) in [5, 5.41) is 14.4. The molecule has 0 aromatic heterocycles. The van der Waals surface area contributed by atoms with Gasteiger partial charge in [-0.3, -0.25) is 14.5 Å². The van der Waals surface area contributed by atoms with Crippen LogP contribution in [-0.4, -0.2) is 106 Å². The van der Waals surface area contributed by atoms with Crippen molar-refractivity contribution in [2.24, 2.45) is 11.7 Å². The van der Waals surface area contributed by atoms with Crippen molar-refractivity contribution in [2.45, 2.75) is 49.8 Å². The Labute approximate surface area is 254 Å². The Morgan fingerprint density at radius 1 is 1.07 bits per heavy atom. The van der Waals surface area contributed by atoms with Crippen molar-refractivity contribution in [1.29, 1.82) is 0 Å². The van der Waals surface area contributed by atoms with E-state index in [1.54, 1.807) is 4.90 Å². The number of carbonyl (C=O) groups excluding carboxylic acids is 2. The van der Waals surface area contributed by atoms with Crippen molar-refractivity contribution in [2.75, 3.05) is 53.6 Å². The van der Waals surface area contributed by atoms with Crippen LogP contribution in [0.5, 0.6) is 11.5 Å². The fourth-order valence-corrected chi connectivity index (χ4v) is 6.69. The highest BCUT2D eigenvalue weighted by Gasteiger charge is 2.33. The summed E-state index contributed by atoms with van der Waals surface area (Å²) in [6, 6.07) is 12.7. The average Bonchev–Trinajstić information content (AvgIpc) is 3.51. The third-order valence-electron chi connectivity index (χ3n) is 7.19. The average molecular weight is 621 g/mol. The predicted molar refractivity (Wildman–Crippen MR) is 161 cm³/mol. The molecule has 0 bridgehead atoms. The predicted octanol–water partition coefficient (Wildman–Crippen LogP) is 1.02. The lowest BCUT2D eigenvalue weighted by Gasteiger charge is -2.32. The summed E-state index contributed by atoms with van der Waals surface area (Å²) in [7, 11) is -1.19. The van der Waals surface area contributed by atoms with Gasteiger partial charge in [0, 0.05) is 31.8 Å². The number of nitrogens with two attached hydrogens (primary N) is 1. The number of nitrogens with one attached hydrogen (secondary N) is 1. The molecule has 1 heterocycles. The molecule has 4 N–H and O–H groups in total. The van der Waals surface area contributed by atoms with E-state index >= 15 is 0 Å². The molecule has 3 rings (SSSR count). The number of carbonyl (C=O) groups is 2. The zero-order chi connectivity index (χ0) is 31.6. The Balaban J connectivity index is 1.86. The number of benzene rings is 2. The molecule has 238 valence electrons. The maximum absolute atomic E-state index is 13.8. The number of primary amides is 1.